The van der Waals surface area contributed by atoms with Gasteiger partial charge >= 0.3 is 0 Å². The van der Waals surface area contributed by atoms with E-state index in [9.17, 15) is 19.2 Å². The molecule has 3 N–H and O–H groups in total. The maximum atomic E-state index is 15.6. The molecule has 246 valence electrons. The predicted octanol–water partition coefficient (Wildman–Crippen LogP) is 3.38. The highest BCUT2D eigenvalue weighted by Crippen LogP contribution is 2.32. The van der Waals surface area contributed by atoms with Crippen LogP contribution in [0, 0.1) is 17.7 Å². The molecule has 45 heavy (non-hydrogen) atoms. The normalized spacial score (nSPS) is 21.0. The van der Waals surface area contributed by atoms with Crippen molar-refractivity contribution in [1.82, 2.24) is 30.2 Å². The lowest BCUT2D eigenvalue weighted by Gasteiger charge is -2.36. The molecule has 1 saturated heterocycles. The Hall–Kier alpha value is -3.80. The summed E-state index contributed by atoms with van der Waals surface area (Å²) in [5.74, 6) is -2.06. The molecule has 2 aliphatic rings. The monoisotopic (exact) mass is 625 g/mol. The van der Waals surface area contributed by atoms with E-state index in [1.54, 1.807) is 41.8 Å². The minimum Gasteiger partial charge on any atom is -0.344 e. The maximum absolute atomic E-state index is 15.6. The van der Waals surface area contributed by atoms with Gasteiger partial charge in [-0.25, -0.2) is 4.39 Å². The van der Waals surface area contributed by atoms with Crippen LogP contribution in [0.5, 0.6) is 0 Å². The first-order valence-electron chi connectivity index (χ1n) is 16.2. The standard InChI is InChI=1S/C33H48FN7O4/c1-6-28(42)37-29(33(45)40-18-16-39(5)17-19-40)22(4)24-12-13-26(25(34)20-24)36-32(44)30(23-10-8-21(3)9-11-23)38-31(43)27-14-15-35-41(27)7-2/h12-15,20-23,29-30H,6-11,16-19H2,1-5H3,(H,36,44)(H,37,42)(H,38,43)/t21-,22-,23-,29-,30+/m1/s1. The number of anilines is 1. The van der Waals surface area contributed by atoms with Gasteiger partial charge in [0, 0.05) is 51.3 Å². The predicted molar refractivity (Wildman–Crippen MR) is 170 cm³/mol. The molecule has 11 nitrogen and oxygen atoms in total. The van der Waals surface area contributed by atoms with Crippen molar-refractivity contribution in [3.8, 4) is 0 Å². The summed E-state index contributed by atoms with van der Waals surface area (Å²) < 4.78 is 17.2. The van der Waals surface area contributed by atoms with Gasteiger partial charge in [0.25, 0.3) is 5.91 Å². The van der Waals surface area contributed by atoms with Gasteiger partial charge < -0.3 is 25.8 Å². The van der Waals surface area contributed by atoms with Crippen molar-refractivity contribution in [3.05, 3.63) is 47.5 Å². The number of aromatic nitrogens is 2. The zero-order chi connectivity index (χ0) is 32.7. The number of rotatable bonds is 11. The number of hydrogen-bond donors (Lipinski definition) is 3. The third-order valence-electron chi connectivity index (χ3n) is 9.35. The minimum atomic E-state index is -0.856. The van der Waals surface area contributed by atoms with E-state index in [1.807, 2.05) is 14.0 Å². The van der Waals surface area contributed by atoms with Crippen molar-refractivity contribution in [2.75, 3.05) is 38.5 Å². The highest BCUT2D eigenvalue weighted by Gasteiger charge is 2.35. The Labute approximate surface area is 265 Å². The summed E-state index contributed by atoms with van der Waals surface area (Å²) in [4.78, 5) is 56.7. The molecule has 0 spiro atoms. The highest BCUT2D eigenvalue weighted by atomic mass is 19.1. The van der Waals surface area contributed by atoms with Crippen LogP contribution in [0.2, 0.25) is 0 Å². The molecule has 12 heteroatoms. The first kappa shape index (κ1) is 34.1. The van der Waals surface area contributed by atoms with Crippen molar-refractivity contribution in [2.24, 2.45) is 11.8 Å². The molecule has 3 atom stereocenters. The van der Waals surface area contributed by atoms with E-state index < -0.39 is 35.6 Å². The van der Waals surface area contributed by atoms with Crippen molar-refractivity contribution >= 4 is 29.3 Å². The second-order valence-corrected chi connectivity index (χ2v) is 12.5. The van der Waals surface area contributed by atoms with E-state index >= 15 is 4.39 Å². The van der Waals surface area contributed by atoms with Gasteiger partial charge in [-0.15, -0.1) is 0 Å². The molecular formula is C33H48FN7O4. The van der Waals surface area contributed by atoms with E-state index in [4.69, 9.17) is 0 Å². The lowest BCUT2D eigenvalue weighted by Crippen LogP contribution is -2.55. The minimum absolute atomic E-state index is 0.0162. The molecule has 1 aromatic carbocycles. The Morgan fingerprint density at radius 2 is 1.69 bits per heavy atom. The molecule has 2 heterocycles. The Bertz CT molecular complexity index is 1350. The number of nitrogens with one attached hydrogen (secondary N) is 3. The molecule has 4 rings (SSSR count). The average molecular weight is 626 g/mol. The third-order valence-corrected chi connectivity index (χ3v) is 9.35. The van der Waals surface area contributed by atoms with E-state index in [1.165, 1.54) is 12.1 Å². The molecule has 0 bridgehead atoms. The summed E-state index contributed by atoms with van der Waals surface area (Å²) >= 11 is 0. The van der Waals surface area contributed by atoms with Crippen LogP contribution in [0.4, 0.5) is 10.1 Å². The van der Waals surface area contributed by atoms with Gasteiger partial charge in [-0.05, 0) is 62.4 Å². The second-order valence-electron chi connectivity index (χ2n) is 12.5. The molecule has 4 amide bonds. The van der Waals surface area contributed by atoms with Gasteiger partial charge in [-0.2, -0.15) is 5.10 Å². The van der Waals surface area contributed by atoms with Crippen molar-refractivity contribution in [1.29, 1.82) is 0 Å². The van der Waals surface area contributed by atoms with Gasteiger partial charge in [-0.1, -0.05) is 39.7 Å². The Balaban J connectivity index is 1.52. The molecule has 2 fully saturated rings. The van der Waals surface area contributed by atoms with Crippen molar-refractivity contribution in [3.63, 3.8) is 0 Å². The summed E-state index contributed by atoms with van der Waals surface area (Å²) in [6.45, 7) is 10.7. The number of likely N-dealkylation sites (N-methyl/N-ethyl adjacent to an activating group) is 1. The number of halogens is 1. The van der Waals surface area contributed by atoms with Gasteiger partial charge in [0.2, 0.25) is 17.7 Å². The number of hydrogen-bond acceptors (Lipinski definition) is 6. The average Bonchev–Trinajstić information content (AvgIpc) is 3.53. The molecule has 0 radical (unpaired) electrons. The number of aryl methyl sites for hydroxylation is 1. The van der Waals surface area contributed by atoms with Crippen LogP contribution in [-0.4, -0.2) is 88.5 Å². The number of piperazine rings is 1. The second kappa shape index (κ2) is 15.5. The number of benzene rings is 1. The quantitative estimate of drug-likeness (QED) is 0.351. The van der Waals surface area contributed by atoms with Gasteiger partial charge in [0.15, 0.2) is 0 Å². The smallest absolute Gasteiger partial charge is 0.270 e. The fraction of sp³-hybridized carbons (Fsp3) is 0.606. The highest BCUT2D eigenvalue weighted by molar-refractivity contribution is 6.00. The molecular weight excluding hydrogens is 577 g/mol. The van der Waals surface area contributed by atoms with Gasteiger partial charge in [0.1, 0.15) is 23.6 Å². The number of nitrogens with zero attached hydrogens (tertiary/aromatic N) is 4. The molecule has 0 unspecified atom stereocenters. The maximum Gasteiger partial charge on any atom is 0.270 e. The first-order chi connectivity index (χ1) is 21.5. The SMILES string of the molecule is CCC(=O)N[C@@H](C(=O)N1CCN(C)CC1)[C@H](C)c1ccc(NC(=O)[C@@H](NC(=O)c2ccnn2CC)[C@H]2CC[C@H](C)CC2)c(F)c1. The fourth-order valence-corrected chi connectivity index (χ4v) is 6.23. The summed E-state index contributed by atoms with van der Waals surface area (Å²) in [6.07, 6.45) is 5.21. The Morgan fingerprint density at radius 1 is 1.00 bits per heavy atom. The topological polar surface area (TPSA) is 129 Å². The molecule has 1 aliphatic heterocycles. The summed E-state index contributed by atoms with van der Waals surface area (Å²) in [5.41, 5.74) is 0.866. The van der Waals surface area contributed by atoms with E-state index in [0.717, 1.165) is 38.8 Å². The van der Waals surface area contributed by atoms with Crippen LogP contribution in [0.15, 0.2) is 30.5 Å². The van der Waals surface area contributed by atoms with E-state index in [-0.39, 0.29) is 29.8 Å². The largest absolute Gasteiger partial charge is 0.344 e. The van der Waals surface area contributed by atoms with E-state index in [2.05, 4.69) is 32.9 Å². The number of carbonyl (C=O) groups excluding carboxylic acids is 4. The fourth-order valence-electron chi connectivity index (χ4n) is 6.23. The van der Waals surface area contributed by atoms with Crippen LogP contribution >= 0.6 is 0 Å². The van der Waals surface area contributed by atoms with Crippen LogP contribution < -0.4 is 16.0 Å². The van der Waals surface area contributed by atoms with Crippen LogP contribution in [0.25, 0.3) is 0 Å². The molecule has 2 aromatic rings. The van der Waals surface area contributed by atoms with Crippen LogP contribution in [0.1, 0.15) is 81.8 Å². The lowest BCUT2D eigenvalue weighted by molar-refractivity contribution is -0.138. The third kappa shape index (κ3) is 8.47. The van der Waals surface area contributed by atoms with Crippen LogP contribution in [-0.2, 0) is 20.9 Å². The first-order valence-corrected chi connectivity index (χ1v) is 16.2. The molecule has 1 aromatic heterocycles. The zero-order valence-corrected chi connectivity index (χ0v) is 27.1. The van der Waals surface area contributed by atoms with Gasteiger partial charge in [-0.3, -0.25) is 23.9 Å². The summed E-state index contributed by atoms with van der Waals surface area (Å²) in [7, 11) is 2.00. The van der Waals surface area contributed by atoms with E-state index in [0.29, 0.717) is 36.8 Å². The van der Waals surface area contributed by atoms with Gasteiger partial charge in [0.05, 0.1) is 5.69 Å². The Kier molecular flexibility index (Phi) is 11.7. The Morgan fingerprint density at radius 3 is 2.31 bits per heavy atom. The number of amides is 4. The summed E-state index contributed by atoms with van der Waals surface area (Å²) in [5, 5.41) is 12.6. The zero-order valence-electron chi connectivity index (χ0n) is 27.1. The molecule has 1 aliphatic carbocycles. The van der Waals surface area contributed by atoms with Crippen molar-refractivity contribution in [2.45, 2.75) is 84.3 Å². The lowest BCUT2D eigenvalue weighted by atomic mass is 9.79. The van der Waals surface area contributed by atoms with Crippen LogP contribution in [0.3, 0.4) is 0 Å². The summed E-state index contributed by atoms with van der Waals surface area (Å²) in [6, 6.07) is 4.36. The molecule has 1 saturated carbocycles. The van der Waals surface area contributed by atoms with Crippen molar-refractivity contribution < 1.29 is 23.6 Å². The number of carbonyl (C=O) groups is 4.